The summed E-state index contributed by atoms with van der Waals surface area (Å²) in [5.74, 6) is 0.441. The van der Waals surface area contributed by atoms with Crippen LogP contribution in [0.25, 0.3) is 0 Å². The van der Waals surface area contributed by atoms with Crippen molar-refractivity contribution in [2.45, 2.75) is 38.7 Å². The van der Waals surface area contributed by atoms with Gasteiger partial charge in [0, 0.05) is 0 Å². The Hall–Kier alpha value is -2.29. The zero-order valence-electron chi connectivity index (χ0n) is 13.8. The lowest BCUT2D eigenvalue weighted by Crippen LogP contribution is -2.14. The zero-order chi connectivity index (χ0) is 16.5. The first-order chi connectivity index (χ1) is 11.2. The first kappa shape index (κ1) is 17.1. The van der Waals surface area contributed by atoms with Crippen LogP contribution in [0, 0.1) is 0 Å². The molecule has 0 saturated carbocycles. The van der Waals surface area contributed by atoms with E-state index in [1.165, 1.54) is 7.11 Å². The number of esters is 1. The fourth-order valence-corrected chi connectivity index (χ4v) is 2.51. The number of rotatable bonds is 8. The Kier molecular flexibility index (Phi) is 6.67. The summed E-state index contributed by atoms with van der Waals surface area (Å²) in [6.45, 7) is 2.66. The number of ether oxygens (including phenoxy) is 2. The van der Waals surface area contributed by atoms with Gasteiger partial charge in [-0.25, -0.2) is 0 Å². The van der Waals surface area contributed by atoms with Crippen LogP contribution in [0.5, 0.6) is 5.75 Å². The molecule has 0 aliphatic heterocycles. The monoisotopic (exact) mass is 312 g/mol. The van der Waals surface area contributed by atoms with Crippen LogP contribution in [0.1, 0.15) is 43.2 Å². The Morgan fingerprint density at radius 1 is 1.04 bits per heavy atom. The fraction of sp³-hybridized carbons (Fsp3) is 0.350. The van der Waals surface area contributed by atoms with E-state index in [0.29, 0.717) is 6.61 Å². The van der Waals surface area contributed by atoms with Gasteiger partial charge in [-0.1, -0.05) is 62.2 Å². The van der Waals surface area contributed by atoms with Gasteiger partial charge in [0.2, 0.25) is 0 Å². The number of benzene rings is 2. The van der Waals surface area contributed by atoms with Crippen LogP contribution in [0.4, 0.5) is 0 Å². The zero-order valence-corrected chi connectivity index (χ0v) is 13.8. The predicted octanol–water partition coefficient (Wildman–Crippen LogP) is 4.71. The molecule has 2 aromatic carbocycles. The molecule has 0 N–H and O–H groups in total. The van der Waals surface area contributed by atoms with Crippen LogP contribution in [0.15, 0.2) is 54.6 Å². The summed E-state index contributed by atoms with van der Waals surface area (Å²) in [4.78, 5) is 12.0. The normalized spacial score (nSPS) is 11.7. The van der Waals surface area contributed by atoms with E-state index >= 15 is 0 Å². The van der Waals surface area contributed by atoms with Gasteiger partial charge in [-0.3, -0.25) is 4.79 Å². The van der Waals surface area contributed by atoms with Gasteiger partial charge in [0.1, 0.15) is 12.4 Å². The van der Waals surface area contributed by atoms with Gasteiger partial charge in [0.25, 0.3) is 0 Å². The Labute approximate surface area is 138 Å². The maximum Gasteiger partial charge on any atom is 0.313 e. The highest BCUT2D eigenvalue weighted by Gasteiger charge is 2.20. The summed E-state index contributed by atoms with van der Waals surface area (Å²) in [7, 11) is 1.44. The second-order valence-electron chi connectivity index (χ2n) is 5.56. The SMILES string of the molecule is CCCCC(C(=O)OC)c1ccc(OCc2ccccc2)cc1. The molecule has 1 unspecified atom stereocenters. The van der Waals surface area contributed by atoms with Crippen LogP contribution >= 0.6 is 0 Å². The summed E-state index contributed by atoms with van der Waals surface area (Å²) < 4.78 is 10.7. The highest BCUT2D eigenvalue weighted by Crippen LogP contribution is 2.26. The van der Waals surface area contributed by atoms with Crippen molar-refractivity contribution in [3.05, 3.63) is 65.7 Å². The topological polar surface area (TPSA) is 35.5 Å². The van der Waals surface area contributed by atoms with Crippen molar-refractivity contribution in [3.63, 3.8) is 0 Å². The second-order valence-corrected chi connectivity index (χ2v) is 5.56. The average Bonchev–Trinajstić information content (AvgIpc) is 2.62. The van der Waals surface area contributed by atoms with Crippen LogP contribution in [0.3, 0.4) is 0 Å². The molecule has 2 aromatic rings. The Balaban J connectivity index is 2.00. The Bertz CT molecular complexity index is 590. The lowest BCUT2D eigenvalue weighted by atomic mass is 9.93. The maximum absolute atomic E-state index is 12.0. The first-order valence-electron chi connectivity index (χ1n) is 8.09. The van der Waals surface area contributed by atoms with E-state index in [2.05, 4.69) is 6.92 Å². The number of hydrogen-bond acceptors (Lipinski definition) is 3. The molecule has 0 saturated heterocycles. The molecular weight excluding hydrogens is 288 g/mol. The molecule has 3 heteroatoms. The molecule has 0 radical (unpaired) electrons. The molecule has 0 amide bonds. The average molecular weight is 312 g/mol. The largest absolute Gasteiger partial charge is 0.489 e. The van der Waals surface area contributed by atoms with Crippen molar-refractivity contribution < 1.29 is 14.3 Å². The summed E-state index contributed by atoms with van der Waals surface area (Å²) >= 11 is 0. The van der Waals surface area contributed by atoms with Crippen molar-refractivity contribution in [1.82, 2.24) is 0 Å². The van der Waals surface area contributed by atoms with Crippen LogP contribution in [0.2, 0.25) is 0 Å². The molecule has 0 bridgehead atoms. The Morgan fingerprint density at radius 2 is 1.74 bits per heavy atom. The van der Waals surface area contributed by atoms with Crippen molar-refractivity contribution in [3.8, 4) is 5.75 Å². The standard InChI is InChI=1S/C20H24O3/c1-3-4-10-19(20(21)22-2)17-11-13-18(14-12-17)23-15-16-8-6-5-7-9-16/h5-9,11-14,19H,3-4,10,15H2,1-2H3. The van der Waals surface area contributed by atoms with Crippen molar-refractivity contribution in [1.29, 1.82) is 0 Å². The molecule has 0 fully saturated rings. The minimum Gasteiger partial charge on any atom is -0.489 e. The summed E-state index contributed by atoms with van der Waals surface area (Å²) in [6, 6.07) is 17.8. The third kappa shape index (κ3) is 5.13. The molecule has 2 rings (SSSR count). The van der Waals surface area contributed by atoms with E-state index in [4.69, 9.17) is 9.47 Å². The van der Waals surface area contributed by atoms with Gasteiger partial charge in [-0.2, -0.15) is 0 Å². The third-order valence-electron chi connectivity index (χ3n) is 3.86. The second kappa shape index (κ2) is 8.99. The van der Waals surface area contributed by atoms with Crippen molar-refractivity contribution in [2.75, 3.05) is 7.11 Å². The number of hydrogen-bond donors (Lipinski definition) is 0. The van der Waals surface area contributed by atoms with Gasteiger partial charge in [-0.15, -0.1) is 0 Å². The number of carbonyl (C=O) groups is 1. The van der Waals surface area contributed by atoms with Crippen LogP contribution < -0.4 is 4.74 Å². The molecule has 0 heterocycles. The first-order valence-corrected chi connectivity index (χ1v) is 8.09. The van der Waals surface area contributed by atoms with E-state index in [1.54, 1.807) is 0 Å². The maximum atomic E-state index is 12.0. The van der Waals surface area contributed by atoms with E-state index in [-0.39, 0.29) is 11.9 Å². The van der Waals surface area contributed by atoms with E-state index < -0.39 is 0 Å². The number of methoxy groups -OCH3 is 1. The van der Waals surface area contributed by atoms with Gasteiger partial charge < -0.3 is 9.47 Å². The Morgan fingerprint density at radius 3 is 2.35 bits per heavy atom. The van der Waals surface area contributed by atoms with E-state index in [9.17, 15) is 4.79 Å². The number of carbonyl (C=O) groups excluding carboxylic acids is 1. The lowest BCUT2D eigenvalue weighted by molar-refractivity contribution is -0.142. The van der Waals surface area contributed by atoms with Gasteiger partial charge in [-0.05, 0) is 29.7 Å². The van der Waals surface area contributed by atoms with E-state index in [0.717, 1.165) is 36.1 Å². The fourth-order valence-electron chi connectivity index (χ4n) is 2.51. The van der Waals surface area contributed by atoms with Gasteiger partial charge >= 0.3 is 5.97 Å². The summed E-state index contributed by atoms with van der Waals surface area (Å²) in [5, 5.41) is 0. The van der Waals surface area contributed by atoms with Crippen LogP contribution in [-0.4, -0.2) is 13.1 Å². The highest BCUT2D eigenvalue weighted by atomic mass is 16.5. The quantitative estimate of drug-likeness (QED) is 0.662. The summed E-state index contributed by atoms with van der Waals surface area (Å²) in [5.41, 5.74) is 2.12. The molecule has 0 aliphatic rings. The van der Waals surface area contributed by atoms with Crippen LogP contribution in [-0.2, 0) is 16.1 Å². The van der Waals surface area contributed by atoms with Gasteiger partial charge in [0.05, 0.1) is 13.0 Å². The molecule has 0 aliphatic carbocycles. The van der Waals surface area contributed by atoms with Crippen molar-refractivity contribution >= 4 is 5.97 Å². The molecule has 1 atom stereocenters. The smallest absolute Gasteiger partial charge is 0.313 e. The highest BCUT2D eigenvalue weighted by molar-refractivity contribution is 5.78. The number of unbranched alkanes of at least 4 members (excludes halogenated alkanes) is 1. The minimum absolute atomic E-state index is 0.170. The minimum atomic E-state index is -0.192. The molecule has 3 nitrogen and oxygen atoms in total. The molecule has 23 heavy (non-hydrogen) atoms. The molecule has 0 spiro atoms. The molecule has 122 valence electrons. The predicted molar refractivity (Wildman–Crippen MR) is 91.5 cm³/mol. The molecule has 0 aromatic heterocycles. The van der Waals surface area contributed by atoms with Crippen molar-refractivity contribution in [2.24, 2.45) is 0 Å². The summed E-state index contributed by atoms with van der Waals surface area (Å²) in [6.07, 6.45) is 2.88. The molecular formula is C20H24O3. The van der Waals surface area contributed by atoms with Gasteiger partial charge in [0.15, 0.2) is 0 Å². The van der Waals surface area contributed by atoms with E-state index in [1.807, 2.05) is 54.6 Å². The lowest BCUT2D eigenvalue weighted by Gasteiger charge is -2.15. The third-order valence-corrected chi connectivity index (χ3v) is 3.86.